The van der Waals surface area contributed by atoms with E-state index in [1.54, 1.807) is 24.3 Å². The van der Waals surface area contributed by atoms with Gasteiger partial charge in [0.15, 0.2) is 5.96 Å². The molecule has 1 aromatic rings. The van der Waals surface area contributed by atoms with Crippen LogP contribution in [0, 0.1) is 0 Å². The van der Waals surface area contributed by atoms with E-state index in [4.69, 9.17) is 10.8 Å². The van der Waals surface area contributed by atoms with E-state index in [2.05, 4.69) is 10.3 Å². The second kappa shape index (κ2) is 6.14. The van der Waals surface area contributed by atoms with E-state index >= 15 is 0 Å². The number of nitrogens with one attached hydrogen (secondary N) is 1. The van der Waals surface area contributed by atoms with Gasteiger partial charge in [0.1, 0.15) is 5.75 Å². The lowest BCUT2D eigenvalue weighted by Gasteiger charge is -2.06. The highest BCUT2D eigenvalue weighted by molar-refractivity contribution is 5.92. The molecule has 0 heterocycles. The molecule has 0 aliphatic rings. The second-order valence-corrected chi connectivity index (χ2v) is 3.28. The van der Waals surface area contributed by atoms with Gasteiger partial charge in [-0.15, -0.1) is 12.4 Å². The molecule has 0 atom stereocenters. The van der Waals surface area contributed by atoms with Crippen LogP contribution in [0.15, 0.2) is 29.3 Å². The van der Waals surface area contributed by atoms with Crippen molar-refractivity contribution in [2.24, 2.45) is 10.7 Å². The van der Waals surface area contributed by atoms with Crippen molar-refractivity contribution < 1.29 is 5.11 Å². The predicted octanol–water partition coefficient (Wildman–Crippen LogP) is 1.95. The zero-order valence-electron chi connectivity index (χ0n) is 8.77. The lowest BCUT2D eigenvalue weighted by molar-refractivity contribution is 0.475. The minimum Gasteiger partial charge on any atom is -0.508 e. The lowest BCUT2D eigenvalue weighted by Crippen LogP contribution is -2.23. The van der Waals surface area contributed by atoms with Gasteiger partial charge in [-0.2, -0.15) is 0 Å². The average molecular weight is 230 g/mol. The van der Waals surface area contributed by atoms with Gasteiger partial charge in [0.25, 0.3) is 0 Å². The van der Waals surface area contributed by atoms with Crippen molar-refractivity contribution >= 4 is 24.1 Å². The summed E-state index contributed by atoms with van der Waals surface area (Å²) in [6.07, 6.45) is 0. The number of phenolic OH excluding ortho intramolecular Hbond substituents is 1. The first kappa shape index (κ1) is 13.6. The number of halogens is 1. The number of guanidine groups is 1. The summed E-state index contributed by atoms with van der Waals surface area (Å²) in [5, 5.41) is 12.0. The lowest BCUT2D eigenvalue weighted by atomic mass is 10.3. The number of nitrogens with two attached hydrogens (primary N) is 1. The Balaban J connectivity index is 0.00000196. The molecule has 1 aromatic carbocycles. The highest BCUT2D eigenvalue weighted by atomic mass is 35.5. The van der Waals surface area contributed by atoms with E-state index in [0.29, 0.717) is 5.96 Å². The summed E-state index contributed by atoms with van der Waals surface area (Å²) >= 11 is 0. The maximum atomic E-state index is 9.05. The molecule has 0 aliphatic carbocycles. The quantitative estimate of drug-likeness (QED) is 0.412. The van der Waals surface area contributed by atoms with Crippen LogP contribution < -0.4 is 11.1 Å². The highest BCUT2D eigenvalue weighted by Gasteiger charge is 1.96. The van der Waals surface area contributed by atoms with E-state index < -0.39 is 0 Å². The molecule has 0 unspecified atom stereocenters. The number of nitrogens with zero attached hydrogens (tertiary/aromatic N) is 1. The van der Waals surface area contributed by atoms with Crippen molar-refractivity contribution in [2.75, 3.05) is 5.32 Å². The van der Waals surface area contributed by atoms with Gasteiger partial charge in [0.2, 0.25) is 0 Å². The standard InChI is InChI=1S/C10H15N3O.ClH/c1-7(2)12-10(11)13-8-3-5-9(14)6-4-8;/h3-7,14H,1-2H3,(H3,11,12,13);1H. The van der Waals surface area contributed by atoms with Crippen molar-refractivity contribution in [2.45, 2.75) is 19.9 Å². The topological polar surface area (TPSA) is 70.6 Å². The first-order chi connectivity index (χ1) is 6.58. The van der Waals surface area contributed by atoms with Crippen LogP contribution in [0.25, 0.3) is 0 Å². The van der Waals surface area contributed by atoms with Gasteiger partial charge in [-0.05, 0) is 38.1 Å². The van der Waals surface area contributed by atoms with Crippen LogP contribution >= 0.6 is 12.4 Å². The molecule has 4 N–H and O–H groups in total. The summed E-state index contributed by atoms with van der Waals surface area (Å²) in [6.45, 7) is 3.90. The summed E-state index contributed by atoms with van der Waals surface area (Å²) in [7, 11) is 0. The smallest absolute Gasteiger partial charge is 0.193 e. The third kappa shape index (κ3) is 5.12. The molecule has 0 radical (unpaired) electrons. The molecule has 0 bridgehead atoms. The van der Waals surface area contributed by atoms with Crippen molar-refractivity contribution in [1.29, 1.82) is 0 Å². The highest BCUT2D eigenvalue weighted by Crippen LogP contribution is 2.13. The molecule has 0 aliphatic heterocycles. The van der Waals surface area contributed by atoms with Crippen molar-refractivity contribution in [3.8, 4) is 5.75 Å². The van der Waals surface area contributed by atoms with E-state index in [1.807, 2.05) is 13.8 Å². The minimum absolute atomic E-state index is 0. The van der Waals surface area contributed by atoms with Crippen LogP contribution in [0.3, 0.4) is 0 Å². The second-order valence-electron chi connectivity index (χ2n) is 3.28. The molecule has 0 fully saturated rings. The zero-order valence-corrected chi connectivity index (χ0v) is 9.58. The molecule has 84 valence electrons. The Morgan fingerprint density at radius 1 is 1.33 bits per heavy atom. The SMILES string of the molecule is CC(C)N=C(N)Nc1ccc(O)cc1.Cl. The summed E-state index contributed by atoms with van der Waals surface area (Å²) in [4.78, 5) is 4.12. The minimum atomic E-state index is 0. The van der Waals surface area contributed by atoms with Crippen LogP contribution in [0.1, 0.15) is 13.8 Å². The molecule has 0 spiro atoms. The Morgan fingerprint density at radius 3 is 2.33 bits per heavy atom. The van der Waals surface area contributed by atoms with Gasteiger partial charge < -0.3 is 16.2 Å². The van der Waals surface area contributed by atoms with Crippen LogP contribution in [0.4, 0.5) is 5.69 Å². The number of benzene rings is 1. The first-order valence-electron chi connectivity index (χ1n) is 4.47. The van der Waals surface area contributed by atoms with Crippen LogP contribution in [0.2, 0.25) is 0 Å². The summed E-state index contributed by atoms with van der Waals surface area (Å²) < 4.78 is 0. The molecule has 0 saturated heterocycles. The third-order valence-electron chi connectivity index (χ3n) is 1.54. The number of hydrogen-bond acceptors (Lipinski definition) is 2. The van der Waals surface area contributed by atoms with E-state index in [-0.39, 0.29) is 24.2 Å². The fourth-order valence-electron chi connectivity index (χ4n) is 1.00. The third-order valence-corrected chi connectivity index (χ3v) is 1.54. The summed E-state index contributed by atoms with van der Waals surface area (Å²) in [5.41, 5.74) is 6.43. The van der Waals surface area contributed by atoms with E-state index in [1.165, 1.54) is 0 Å². The Labute approximate surface area is 95.6 Å². The normalized spacial score (nSPS) is 11.0. The van der Waals surface area contributed by atoms with Crippen LogP contribution in [0.5, 0.6) is 5.75 Å². The molecule has 15 heavy (non-hydrogen) atoms. The largest absolute Gasteiger partial charge is 0.508 e. The van der Waals surface area contributed by atoms with Crippen molar-refractivity contribution in [3.63, 3.8) is 0 Å². The Bertz CT molecular complexity index is 322. The zero-order chi connectivity index (χ0) is 10.6. The van der Waals surface area contributed by atoms with Crippen molar-refractivity contribution in [1.82, 2.24) is 0 Å². The summed E-state index contributed by atoms with van der Waals surface area (Å²) in [5.74, 6) is 0.612. The Morgan fingerprint density at radius 2 is 1.87 bits per heavy atom. The Kier molecular flexibility index (Phi) is 5.56. The molecule has 1 rings (SSSR count). The first-order valence-corrected chi connectivity index (χ1v) is 4.47. The number of phenols is 1. The maximum absolute atomic E-state index is 9.05. The predicted molar refractivity (Wildman–Crippen MR) is 65.7 cm³/mol. The fourth-order valence-corrected chi connectivity index (χ4v) is 1.00. The molecule has 5 heteroatoms. The van der Waals surface area contributed by atoms with Gasteiger partial charge in [-0.25, -0.2) is 0 Å². The van der Waals surface area contributed by atoms with Crippen LogP contribution in [-0.2, 0) is 0 Å². The van der Waals surface area contributed by atoms with E-state index in [9.17, 15) is 0 Å². The monoisotopic (exact) mass is 229 g/mol. The summed E-state index contributed by atoms with van der Waals surface area (Å²) in [6, 6.07) is 6.81. The van der Waals surface area contributed by atoms with E-state index in [0.717, 1.165) is 5.69 Å². The van der Waals surface area contributed by atoms with Gasteiger partial charge in [0.05, 0.1) is 0 Å². The molecular weight excluding hydrogens is 214 g/mol. The number of aromatic hydroxyl groups is 1. The average Bonchev–Trinajstić information content (AvgIpc) is 2.07. The number of anilines is 1. The van der Waals surface area contributed by atoms with Gasteiger partial charge in [0, 0.05) is 11.7 Å². The number of hydrogen-bond donors (Lipinski definition) is 3. The van der Waals surface area contributed by atoms with Gasteiger partial charge >= 0.3 is 0 Å². The number of aliphatic imine (C=N–C) groups is 1. The van der Waals surface area contributed by atoms with Crippen LogP contribution in [-0.4, -0.2) is 17.1 Å². The molecular formula is C10H16ClN3O. The molecule has 0 aromatic heterocycles. The molecule has 0 amide bonds. The molecule has 4 nitrogen and oxygen atoms in total. The van der Waals surface area contributed by atoms with Gasteiger partial charge in [-0.3, -0.25) is 4.99 Å². The fraction of sp³-hybridized carbons (Fsp3) is 0.300. The maximum Gasteiger partial charge on any atom is 0.193 e. The Hall–Kier alpha value is -1.42. The number of rotatable bonds is 2. The van der Waals surface area contributed by atoms with Crippen molar-refractivity contribution in [3.05, 3.63) is 24.3 Å². The molecule has 0 saturated carbocycles. The van der Waals surface area contributed by atoms with Gasteiger partial charge in [-0.1, -0.05) is 0 Å².